The minimum absolute atomic E-state index is 0.0490. The Balaban J connectivity index is 1.85. The summed E-state index contributed by atoms with van der Waals surface area (Å²) in [6.45, 7) is 0.497. The highest BCUT2D eigenvalue weighted by molar-refractivity contribution is 5.90. The van der Waals surface area contributed by atoms with Gasteiger partial charge in [0.25, 0.3) is 5.91 Å². The lowest BCUT2D eigenvalue weighted by Crippen LogP contribution is -2.53. The molecule has 0 unspecified atom stereocenters. The first-order valence-corrected chi connectivity index (χ1v) is 5.56. The predicted octanol–water partition coefficient (Wildman–Crippen LogP) is -1.79. The highest BCUT2D eigenvalue weighted by atomic mass is 16.7. The van der Waals surface area contributed by atoms with E-state index in [1.54, 1.807) is 4.90 Å². The number of carbonyl (C=O) groups is 2. The predicted molar refractivity (Wildman–Crippen MR) is 53.6 cm³/mol. The number of nitrogens with two attached hydrogens (primary N) is 1. The molecular formula is C10H14N2O5. The van der Waals surface area contributed by atoms with Crippen LogP contribution in [0.5, 0.6) is 0 Å². The number of morpholine rings is 1. The van der Waals surface area contributed by atoms with E-state index in [1.165, 1.54) is 7.11 Å². The van der Waals surface area contributed by atoms with E-state index in [0.717, 1.165) is 0 Å². The van der Waals surface area contributed by atoms with Gasteiger partial charge in [0.2, 0.25) is 0 Å². The van der Waals surface area contributed by atoms with Crippen molar-refractivity contribution in [2.45, 2.75) is 37.0 Å². The van der Waals surface area contributed by atoms with E-state index in [-0.39, 0.29) is 18.0 Å². The van der Waals surface area contributed by atoms with Crippen molar-refractivity contribution in [3.8, 4) is 0 Å². The van der Waals surface area contributed by atoms with Crippen LogP contribution in [0.25, 0.3) is 0 Å². The fraction of sp³-hybridized carbons (Fsp3) is 0.800. The lowest BCUT2D eigenvalue weighted by atomic mass is 10.1. The lowest BCUT2D eigenvalue weighted by Gasteiger charge is -2.32. The number of fused-ring (bicyclic) bond motifs is 4. The molecule has 5 atom stereocenters. The van der Waals surface area contributed by atoms with Gasteiger partial charge < -0.3 is 24.8 Å². The Bertz CT molecular complexity index is 374. The second-order valence-electron chi connectivity index (χ2n) is 4.56. The molecule has 3 aliphatic heterocycles. The Kier molecular flexibility index (Phi) is 2.35. The average molecular weight is 242 g/mol. The molecule has 0 radical (unpaired) electrons. The lowest BCUT2D eigenvalue weighted by molar-refractivity contribution is -0.171. The van der Waals surface area contributed by atoms with Gasteiger partial charge >= 0.3 is 5.97 Å². The summed E-state index contributed by atoms with van der Waals surface area (Å²) in [5, 5.41) is 0. The molecule has 1 amide bonds. The molecule has 3 aliphatic rings. The molecule has 0 aromatic heterocycles. The average Bonchev–Trinajstić information content (AvgIpc) is 2.88. The number of carbonyl (C=O) groups excluding carboxylic acids is 2. The summed E-state index contributed by atoms with van der Waals surface area (Å²) in [4.78, 5) is 25.2. The molecule has 0 saturated carbocycles. The Hall–Kier alpha value is -1.18. The summed E-state index contributed by atoms with van der Waals surface area (Å²) in [5.74, 6) is -0.802. The number of esters is 1. The van der Waals surface area contributed by atoms with Crippen molar-refractivity contribution in [2.75, 3.05) is 13.7 Å². The smallest absolute Gasteiger partial charge is 0.338 e. The third kappa shape index (κ3) is 1.46. The van der Waals surface area contributed by atoms with Crippen LogP contribution in [0.2, 0.25) is 0 Å². The zero-order valence-electron chi connectivity index (χ0n) is 9.37. The van der Waals surface area contributed by atoms with E-state index in [9.17, 15) is 9.59 Å². The second-order valence-corrected chi connectivity index (χ2v) is 4.56. The molecule has 0 aliphatic carbocycles. The molecule has 2 N–H and O–H groups in total. The van der Waals surface area contributed by atoms with Crippen LogP contribution in [0, 0.1) is 0 Å². The quantitative estimate of drug-likeness (QED) is 0.546. The molecule has 17 heavy (non-hydrogen) atoms. The minimum atomic E-state index is -0.945. The fourth-order valence-corrected chi connectivity index (χ4v) is 2.70. The Morgan fingerprint density at radius 3 is 3.00 bits per heavy atom. The van der Waals surface area contributed by atoms with Crippen molar-refractivity contribution >= 4 is 11.9 Å². The molecule has 7 nitrogen and oxygen atoms in total. The number of nitrogens with zero attached hydrogens (tertiary/aromatic N) is 1. The van der Waals surface area contributed by atoms with Crippen molar-refractivity contribution in [1.82, 2.24) is 4.90 Å². The van der Waals surface area contributed by atoms with E-state index in [0.29, 0.717) is 13.0 Å². The van der Waals surface area contributed by atoms with Gasteiger partial charge in [-0.2, -0.15) is 0 Å². The Labute approximate surface area is 97.8 Å². The van der Waals surface area contributed by atoms with Crippen LogP contribution in [-0.4, -0.2) is 61.0 Å². The number of hydrogen-bond acceptors (Lipinski definition) is 6. The van der Waals surface area contributed by atoms with Gasteiger partial charge in [0, 0.05) is 12.6 Å². The first-order chi connectivity index (χ1) is 8.11. The summed E-state index contributed by atoms with van der Waals surface area (Å²) < 4.78 is 15.5. The number of hydrogen-bond donors (Lipinski definition) is 1. The van der Waals surface area contributed by atoms with E-state index < -0.39 is 24.5 Å². The molecule has 94 valence electrons. The zero-order valence-corrected chi connectivity index (χ0v) is 9.37. The maximum atomic E-state index is 12.1. The van der Waals surface area contributed by atoms with Crippen molar-refractivity contribution in [3.63, 3.8) is 0 Å². The van der Waals surface area contributed by atoms with Crippen LogP contribution in [-0.2, 0) is 23.8 Å². The van der Waals surface area contributed by atoms with Gasteiger partial charge in [0.05, 0.1) is 13.2 Å². The molecule has 3 rings (SSSR count). The molecule has 0 aromatic rings. The molecule has 7 heteroatoms. The maximum Gasteiger partial charge on any atom is 0.338 e. The molecule has 2 bridgehead atoms. The molecule has 3 heterocycles. The third-order valence-electron chi connectivity index (χ3n) is 3.49. The normalized spacial score (nSPS) is 43.8. The molecule has 0 aromatic carbocycles. The van der Waals surface area contributed by atoms with Gasteiger partial charge in [-0.05, 0) is 6.42 Å². The van der Waals surface area contributed by atoms with Crippen LogP contribution in [0.15, 0.2) is 0 Å². The van der Waals surface area contributed by atoms with Gasteiger partial charge in [0.1, 0.15) is 0 Å². The van der Waals surface area contributed by atoms with Crippen LogP contribution < -0.4 is 5.73 Å². The van der Waals surface area contributed by atoms with Crippen molar-refractivity contribution in [2.24, 2.45) is 5.73 Å². The highest BCUT2D eigenvalue weighted by Crippen LogP contribution is 2.36. The number of amides is 1. The summed E-state index contributed by atoms with van der Waals surface area (Å²) in [5.41, 5.74) is 5.81. The largest absolute Gasteiger partial charge is 0.467 e. The summed E-state index contributed by atoms with van der Waals surface area (Å²) in [7, 11) is 1.26. The van der Waals surface area contributed by atoms with Crippen LogP contribution in [0.3, 0.4) is 0 Å². The summed E-state index contributed by atoms with van der Waals surface area (Å²) in [6.07, 6.45) is -1.75. The molecular weight excluding hydrogens is 228 g/mol. The fourth-order valence-electron chi connectivity index (χ4n) is 2.70. The number of ether oxygens (including phenoxy) is 3. The SMILES string of the molecule is COC(=O)[C@@H]1O[C@@H]2O[C@H]1C(=O)N1C[C@@H](N)C[C@@H]21. The Morgan fingerprint density at radius 1 is 1.53 bits per heavy atom. The zero-order chi connectivity index (χ0) is 12.2. The second kappa shape index (κ2) is 3.66. The van der Waals surface area contributed by atoms with E-state index in [4.69, 9.17) is 15.2 Å². The topological polar surface area (TPSA) is 91.1 Å². The van der Waals surface area contributed by atoms with Gasteiger partial charge in [-0.25, -0.2) is 4.79 Å². The molecule has 3 saturated heterocycles. The van der Waals surface area contributed by atoms with Crippen LogP contribution in [0.1, 0.15) is 6.42 Å². The van der Waals surface area contributed by atoms with Crippen molar-refractivity contribution in [3.05, 3.63) is 0 Å². The van der Waals surface area contributed by atoms with Crippen LogP contribution in [0.4, 0.5) is 0 Å². The van der Waals surface area contributed by atoms with Crippen molar-refractivity contribution < 1.29 is 23.8 Å². The van der Waals surface area contributed by atoms with Crippen molar-refractivity contribution in [1.29, 1.82) is 0 Å². The monoisotopic (exact) mass is 242 g/mol. The van der Waals surface area contributed by atoms with Gasteiger partial charge in [-0.3, -0.25) is 4.79 Å². The van der Waals surface area contributed by atoms with E-state index in [1.807, 2.05) is 0 Å². The highest BCUT2D eigenvalue weighted by Gasteiger charge is 2.58. The first kappa shape index (κ1) is 10.9. The minimum Gasteiger partial charge on any atom is -0.467 e. The summed E-state index contributed by atoms with van der Waals surface area (Å²) >= 11 is 0. The van der Waals surface area contributed by atoms with E-state index in [2.05, 4.69) is 4.74 Å². The maximum absolute atomic E-state index is 12.1. The first-order valence-electron chi connectivity index (χ1n) is 5.56. The number of methoxy groups -OCH3 is 1. The molecule has 0 spiro atoms. The Morgan fingerprint density at radius 2 is 2.29 bits per heavy atom. The van der Waals surface area contributed by atoms with Crippen LogP contribution >= 0.6 is 0 Å². The van der Waals surface area contributed by atoms with Gasteiger partial charge in [-0.1, -0.05) is 0 Å². The summed E-state index contributed by atoms with van der Waals surface area (Å²) in [6, 6.07) is -0.226. The van der Waals surface area contributed by atoms with Gasteiger partial charge in [0.15, 0.2) is 18.5 Å². The van der Waals surface area contributed by atoms with E-state index >= 15 is 0 Å². The van der Waals surface area contributed by atoms with Gasteiger partial charge in [-0.15, -0.1) is 0 Å². The molecule has 3 fully saturated rings. The standard InChI is InChI=1S/C10H14N2O5/c1-15-9(14)7-6-8(13)12-3-4(11)2-5(12)10(16-6)17-7/h4-7,10H,2-3,11H2,1H3/t4-,5-,6+,7+,10-/m0/s1. The number of rotatable bonds is 1. The third-order valence-corrected chi connectivity index (χ3v) is 3.49.